The van der Waals surface area contributed by atoms with Crippen LogP contribution in [0.25, 0.3) is 5.76 Å². The number of allylic oxidation sites excluding steroid dienone is 3. The third kappa shape index (κ3) is 3.76. The molecule has 34 heavy (non-hydrogen) atoms. The van der Waals surface area contributed by atoms with Gasteiger partial charge in [0, 0.05) is 22.5 Å². The van der Waals surface area contributed by atoms with Crippen LogP contribution in [0.1, 0.15) is 117 Å². The van der Waals surface area contributed by atoms with E-state index in [1.807, 2.05) is 6.92 Å². The minimum atomic E-state index is -0.208. The first-order valence-corrected chi connectivity index (χ1v) is 12.6. The van der Waals surface area contributed by atoms with Crippen molar-refractivity contribution in [2.45, 2.75) is 93.4 Å². The number of aliphatic hydroxyl groups is 1. The first-order valence-electron chi connectivity index (χ1n) is 12.6. The summed E-state index contributed by atoms with van der Waals surface area (Å²) < 4.78 is 5.74. The molecule has 1 aromatic heterocycles. The van der Waals surface area contributed by atoms with Crippen LogP contribution >= 0.6 is 0 Å². The smallest absolute Gasteiger partial charge is 0.165 e. The Balaban J connectivity index is 1.87. The summed E-state index contributed by atoms with van der Waals surface area (Å²) in [5.74, 6) is 1.87. The second-order valence-electron chi connectivity index (χ2n) is 11.4. The Morgan fingerprint density at radius 1 is 1.18 bits per heavy atom. The Kier molecular flexibility index (Phi) is 6.16. The highest BCUT2D eigenvalue weighted by Crippen LogP contribution is 2.55. The molecule has 3 atom stereocenters. The fourth-order valence-electron chi connectivity index (χ4n) is 6.64. The van der Waals surface area contributed by atoms with Crippen molar-refractivity contribution in [2.24, 2.45) is 11.3 Å². The van der Waals surface area contributed by atoms with Crippen molar-refractivity contribution in [3.8, 4) is 0 Å². The largest absolute Gasteiger partial charge is 0.507 e. The number of carbonyl (C=O) groups is 1. The van der Waals surface area contributed by atoms with Gasteiger partial charge in [0.1, 0.15) is 5.76 Å². The zero-order valence-corrected chi connectivity index (χ0v) is 22.2. The molecule has 0 radical (unpaired) electrons. The molecule has 4 heteroatoms. The maximum atomic E-state index is 12.4. The SMILES string of the molecule is CC(=O)c1c(C)noc1C(C)C1CC(C)=C(C)C2=C(O)c3c(C)ccc(C(C)C)c3CC2(C)C1. The molecule has 182 valence electrons. The predicted molar refractivity (Wildman–Crippen MR) is 137 cm³/mol. The van der Waals surface area contributed by atoms with Crippen molar-refractivity contribution in [2.75, 3.05) is 0 Å². The predicted octanol–water partition coefficient (Wildman–Crippen LogP) is 8.00. The van der Waals surface area contributed by atoms with E-state index in [1.165, 1.54) is 22.3 Å². The Morgan fingerprint density at radius 3 is 2.47 bits per heavy atom. The average molecular weight is 462 g/mol. The van der Waals surface area contributed by atoms with Crippen LogP contribution in [0.15, 0.2) is 33.4 Å². The summed E-state index contributed by atoms with van der Waals surface area (Å²) in [5, 5.41) is 15.9. The highest BCUT2D eigenvalue weighted by atomic mass is 16.5. The zero-order valence-electron chi connectivity index (χ0n) is 22.2. The average Bonchev–Trinajstić information content (AvgIpc) is 3.09. The molecule has 0 amide bonds. The molecular weight excluding hydrogens is 422 g/mol. The monoisotopic (exact) mass is 461 g/mol. The third-order valence-electron chi connectivity index (χ3n) is 8.48. The molecule has 1 N–H and O–H groups in total. The normalized spacial score (nSPS) is 23.6. The van der Waals surface area contributed by atoms with Crippen LogP contribution in [-0.2, 0) is 6.42 Å². The molecule has 0 fully saturated rings. The minimum absolute atomic E-state index is 0.00533. The van der Waals surface area contributed by atoms with Crippen LogP contribution in [-0.4, -0.2) is 16.0 Å². The first kappa shape index (κ1) is 24.5. The van der Waals surface area contributed by atoms with E-state index in [1.54, 1.807) is 6.92 Å². The Morgan fingerprint density at radius 2 is 1.85 bits per heavy atom. The molecule has 0 saturated heterocycles. The van der Waals surface area contributed by atoms with Gasteiger partial charge >= 0.3 is 0 Å². The molecule has 2 aliphatic rings. The molecule has 0 saturated carbocycles. The van der Waals surface area contributed by atoms with Crippen LogP contribution in [0, 0.1) is 25.2 Å². The summed E-state index contributed by atoms with van der Waals surface area (Å²) in [7, 11) is 0. The van der Waals surface area contributed by atoms with Crippen molar-refractivity contribution in [3.05, 3.63) is 68.1 Å². The van der Waals surface area contributed by atoms with Crippen molar-refractivity contribution in [1.29, 1.82) is 0 Å². The Hall–Kier alpha value is -2.62. The van der Waals surface area contributed by atoms with E-state index < -0.39 is 0 Å². The number of benzene rings is 1. The van der Waals surface area contributed by atoms with E-state index in [9.17, 15) is 9.90 Å². The topological polar surface area (TPSA) is 63.3 Å². The molecule has 1 heterocycles. The van der Waals surface area contributed by atoms with Crippen LogP contribution in [0.4, 0.5) is 0 Å². The number of Topliss-reactive ketones (excluding diaryl/α,β-unsaturated/α-hetero) is 1. The molecule has 4 nitrogen and oxygen atoms in total. The van der Waals surface area contributed by atoms with Gasteiger partial charge < -0.3 is 9.63 Å². The fraction of sp³-hybridized carbons (Fsp3) is 0.533. The van der Waals surface area contributed by atoms with Crippen molar-refractivity contribution >= 4 is 11.5 Å². The van der Waals surface area contributed by atoms with Gasteiger partial charge in [-0.2, -0.15) is 0 Å². The summed E-state index contributed by atoms with van der Waals surface area (Å²) in [5.41, 5.74) is 9.46. The highest BCUT2D eigenvalue weighted by Gasteiger charge is 2.45. The van der Waals surface area contributed by atoms with Gasteiger partial charge in [-0.1, -0.05) is 50.6 Å². The summed E-state index contributed by atoms with van der Waals surface area (Å²) in [6.07, 6.45) is 2.72. The van der Waals surface area contributed by atoms with Crippen molar-refractivity contribution < 1.29 is 14.4 Å². The molecular formula is C30H39NO3. The summed E-state index contributed by atoms with van der Waals surface area (Å²) in [6.45, 7) is 18.8. The quantitative estimate of drug-likeness (QED) is 0.469. The van der Waals surface area contributed by atoms with Gasteiger partial charge in [0.2, 0.25) is 0 Å². The van der Waals surface area contributed by atoms with Crippen molar-refractivity contribution in [1.82, 2.24) is 5.16 Å². The van der Waals surface area contributed by atoms with Gasteiger partial charge in [-0.15, -0.1) is 0 Å². The maximum Gasteiger partial charge on any atom is 0.165 e. The standard InChI is InChI=1S/C30H39NO3/c1-15(2)23-11-10-16(3)25-24(23)14-30(9)13-22(12-17(4)18(5)27(30)28(25)33)19(6)29-26(21(8)32)20(7)31-34-29/h10-11,15,19,22,33H,12-14H2,1-9H3. The number of aliphatic hydroxyl groups excluding tert-OH is 1. The van der Waals surface area contributed by atoms with Crippen LogP contribution in [0.3, 0.4) is 0 Å². The van der Waals surface area contributed by atoms with E-state index in [4.69, 9.17) is 4.52 Å². The molecule has 2 aromatic rings. The first-order chi connectivity index (χ1) is 15.9. The van der Waals surface area contributed by atoms with Gasteiger partial charge in [0.05, 0.1) is 11.3 Å². The van der Waals surface area contributed by atoms with Gasteiger partial charge in [0.25, 0.3) is 0 Å². The molecule has 3 unspecified atom stereocenters. The Labute approximate surface area is 204 Å². The van der Waals surface area contributed by atoms with Crippen LogP contribution < -0.4 is 0 Å². The molecule has 0 spiro atoms. The zero-order chi connectivity index (χ0) is 25.1. The molecule has 4 rings (SSSR count). The number of aromatic nitrogens is 1. The van der Waals surface area contributed by atoms with Gasteiger partial charge in [-0.05, 0) is 88.0 Å². The number of fused-ring (bicyclic) bond motifs is 2. The number of rotatable bonds is 4. The molecule has 0 bridgehead atoms. The van der Waals surface area contributed by atoms with Crippen LogP contribution in [0.5, 0.6) is 0 Å². The number of hydrogen-bond acceptors (Lipinski definition) is 4. The van der Waals surface area contributed by atoms with E-state index in [0.29, 0.717) is 28.7 Å². The lowest BCUT2D eigenvalue weighted by Crippen LogP contribution is -2.32. The fourth-order valence-corrected chi connectivity index (χ4v) is 6.64. The molecule has 0 aliphatic heterocycles. The second kappa shape index (κ2) is 8.55. The molecule has 2 aliphatic carbocycles. The number of aryl methyl sites for hydroxylation is 2. The summed E-state index contributed by atoms with van der Waals surface area (Å²) in [6, 6.07) is 4.39. The lowest BCUT2D eigenvalue weighted by Gasteiger charge is -2.41. The van der Waals surface area contributed by atoms with E-state index in [-0.39, 0.29) is 23.0 Å². The summed E-state index contributed by atoms with van der Waals surface area (Å²) >= 11 is 0. The third-order valence-corrected chi connectivity index (χ3v) is 8.48. The number of ketones is 1. The van der Waals surface area contributed by atoms with Gasteiger partial charge in [-0.25, -0.2) is 0 Å². The lowest BCUT2D eigenvalue weighted by atomic mass is 9.63. The maximum absolute atomic E-state index is 12.4. The second-order valence-corrected chi connectivity index (χ2v) is 11.4. The minimum Gasteiger partial charge on any atom is -0.507 e. The number of hydrogen-bond donors (Lipinski definition) is 1. The van der Waals surface area contributed by atoms with E-state index in [2.05, 4.69) is 65.8 Å². The van der Waals surface area contributed by atoms with Crippen molar-refractivity contribution in [3.63, 3.8) is 0 Å². The van der Waals surface area contributed by atoms with Gasteiger partial charge in [-0.3, -0.25) is 4.79 Å². The highest BCUT2D eigenvalue weighted by molar-refractivity contribution is 5.96. The Bertz CT molecular complexity index is 1230. The summed E-state index contributed by atoms with van der Waals surface area (Å²) in [4.78, 5) is 12.4. The lowest BCUT2D eigenvalue weighted by molar-refractivity contribution is 0.101. The molecule has 1 aromatic carbocycles. The number of nitrogens with zero attached hydrogens (tertiary/aromatic N) is 1. The van der Waals surface area contributed by atoms with Gasteiger partial charge in [0.15, 0.2) is 11.5 Å². The van der Waals surface area contributed by atoms with E-state index in [0.717, 1.165) is 36.0 Å². The van der Waals surface area contributed by atoms with Crippen LogP contribution in [0.2, 0.25) is 0 Å². The number of carbonyl (C=O) groups excluding carboxylic acids is 1. The van der Waals surface area contributed by atoms with E-state index >= 15 is 0 Å².